The third-order valence-electron chi connectivity index (χ3n) is 1.67. The summed E-state index contributed by atoms with van der Waals surface area (Å²) in [6.07, 6.45) is 1.78. The van der Waals surface area contributed by atoms with Crippen LogP contribution in [0.4, 0.5) is 0 Å². The highest BCUT2D eigenvalue weighted by Crippen LogP contribution is 2.19. The fourth-order valence-corrected chi connectivity index (χ4v) is 1.29. The van der Waals surface area contributed by atoms with Crippen molar-refractivity contribution in [2.45, 2.75) is 6.10 Å². The maximum absolute atomic E-state index is 5.19. The van der Waals surface area contributed by atoms with Crippen LogP contribution in [0.25, 0.3) is 0 Å². The molecule has 1 atom stereocenters. The Bertz CT molecular complexity index is 253. The Kier molecular flexibility index (Phi) is 3.50. The van der Waals surface area contributed by atoms with E-state index in [4.69, 9.17) is 4.74 Å². The summed E-state index contributed by atoms with van der Waals surface area (Å²) < 4.78 is 6.27. The van der Waals surface area contributed by atoms with Gasteiger partial charge < -0.3 is 4.74 Å². The normalized spacial score (nSPS) is 12.5. The van der Waals surface area contributed by atoms with Gasteiger partial charge in [-0.25, -0.2) is 0 Å². The van der Waals surface area contributed by atoms with Crippen molar-refractivity contribution in [2.24, 2.45) is 0 Å². The lowest BCUT2D eigenvalue weighted by molar-refractivity contribution is 0.143. The molecule has 0 aliphatic heterocycles. The van der Waals surface area contributed by atoms with Crippen molar-refractivity contribution in [1.29, 1.82) is 0 Å². The number of rotatable bonds is 3. The van der Waals surface area contributed by atoms with Gasteiger partial charge in [-0.3, -0.25) is 0 Å². The molecule has 0 saturated carbocycles. The highest BCUT2D eigenvalue weighted by molar-refractivity contribution is 9.10. The van der Waals surface area contributed by atoms with Gasteiger partial charge in [0.2, 0.25) is 0 Å². The summed E-state index contributed by atoms with van der Waals surface area (Å²) in [7, 11) is 1.67. The number of halogens is 1. The Morgan fingerprint density at radius 1 is 1.42 bits per heavy atom. The van der Waals surface area contributed by atoms with Crippen LogP contribution in [0, 0.1) is 0 Å². The first kappa shape index (κ1) is 9.49. The first-order chi connectivity index (χ1) is 5.77. The number of methoxy groups -OCH3 is 1. The second kappa shape index (κ2) is 4.43. The van der Waals surface area contributed by atoms with Crippen LogP contribution >= 0.6 is 15.9 Å². The van der Waals surface area contributed by atoms with E-state index < -0.39 is 0 Å². The van der Waals surface area contributed by atoms with Crippen LogP contribution in [0.2, 0.25) is 0 Å². The Labute approximate surface area is 81.2 Å². The summed E-state index contributed by atoms with van der Waals surface area (Å²) in [4.78, 5) is 0. The molecule has 0 amide bonds. The summed E-state index contributed by atoms with van der Waals surface area (Å²) in [5.41, 5.74) is 1.12. The van der Waals surface area contributed by atoms with Crippen LogP contribution in [-0.2, 0) is 4.74 Å². The molecule has 1 nitrogen and oxygen atoms in total. The summed E-state index contributed by atoms with van der Waals surface area (Å²) in [5.74, 6) is 0. The van der Waals surface area contributed by atoms with Crippen molar-refractivity contribution < 1.29 is 4.74 Å². The van der Waals surface area contributed by atoms with Gasteiger partial charge in [0, 0.05) is 11.6 Å². The van der Waals surface area contributed by atoms with Crippen LogP contribution in [0.15, 0.2) is 41.4 Å². The van der Waals surface area contributed by atoms with Crippen molar-refractivity contribution in [3.05, 3.63) is 47.0 Å². The maximum atomic E-state index is 5.19. The molecule has 1 aromatic carbocycles. The fourth-order valence-electron chi connectivity index (χ4n) is 1.02. The topological polar surface area (TPSA) is 9.23 Å². The van der Waals surface area contributed by atoms with Gasteiger partial charge in [-0.2, -0.15) is 0 Å². The molecule has 1 aromatic rings. The molecule has 0 bridgehead atoms. The van der Waals surface area contributed by atoms with Crippen LogP contribution in [0.5, 0.6) is 0 Å². The molecule has 0 saturated heterocycles. The average Bonchev–Trinajstić information content (AvgIpc) is 2.10. The number of ether oxygens (including phenoxy) is 1. The van der Waals surface area contributed by atoms with Crippen LogP contribution in [-0.4, -0.2) is 7.11 Å². The Balaban J connectivity index is 2.87. The molecule has 12 heavy (non-hydrogen) atoms. The lowest BCUT2D eigenvalue weighted by atomic mass is 10.1. The summed E-state index contributed by atoms with van der Waals surface area (Å²) in [6, 6.07) is 8.01. The Morgan fingerprint density at radius 2 is 2.00 bits per heavy atom. The molecule has 0 aliphatic carbocycles. The van der Waals surface area contributed by atoms with Crippen molar-refractivity contribution in [2.75, 3.05) is 7.11 Å². The van der Waals surface area contributed by atoms with Crippen molar-refractivity contribution in [3.63, 3.8) is 0 Å². The van der Waals surface area contributed by atoms with Gasteiger partial charge in [0.1, 0.15) is 0 Å². The summed E-state index contributed by atoms with van der Waals surface area (Å²) in [5, 5.41) is 0. The SMILES string of the molecule is C=CC(OC)c1ccc(Br)cc1. The van der Waals surface area contributed by atoms with E-state index in [1.807, 2.05) is 24.3 Å². The highest BCUT2D eigenvalue weighted by atomic mass is 79.9. The van der Waals surface area contributed by atoms with Crippen LogP contribution < -0.4 is 0 Å². The van der Waals surface area contributed by atoms with Crippen LogP contribution in [0.3, 0.4) is 0 Å². The largest absolute Gasteiger partial charge is 0.373 e. The van der Waals surface area contributed by atoms with Gasteiger partial charge in [-0.05, 0) is 17.7 Å². The number of hydrogen-bond acceptors (Lipinski definition) is 1. The lowest BCUT2D eigenvalue weighted by Gasteiger charge is -2.10. The molecular formula is C10H11BrO. The molecule has 1 rings (SSSR count). The minimum atomic E-state index is -0.00176. The van der Waals surface area contributed by atoms with Gasteiger partial charge in [0.25, 0.3) is 0 Å². The van der Waals surface area contributed by atoms with E-state index in [0.29, 0.717) is 0 Å². The van der Waals surface area contributed by atoms with E-state index >= 15 is 0 Å². The second-order valence-electron chi connectivity index (χ2n) is 2.44. The Morgan fingerprint density at radius 3 is 2.42 bits per heavy atom. The molecule has 2 heteroatoms. The molecule has 0 fully saturated rings. The number of hydrogen-bond donors (Lipinski definition) is 0. The van der Waals surface area contributed by atoms with E-state index in [2.05, 4.69) is 22.5 Å². The van der Waals surface area contributed by atoms with Crippen molar-refractivity contribution in [3.8, 4) is 0 Å². The Hall–Kier alpha value is -0.600. The summed E-state index contributed by atoms with van der Waals surface area (Å²) >= 11 is 3.37. The van der Waals surface area contributed by atoms with Gasteiger partial charge in [-0.1, -0.05) is 34.1 Å². The average molecular weight is 227 g/mol. The monoisotopic (exact) mass is 226 g/mol. The third-order valence-corrected chi connectivity index (χ3v) is 2.20. The van der Waals surface area contributed by atoms with Crippen LogP contribution in [0.1, 0.15) is 11.7 Å². The first-order valence-electron chi connectivity index (χ1n) is 3.68. The predicted molar refractivity (Wildman–Crippen MR) is 54.1 cm³/mol. The zero-order valence-electron chi connectivity index (χ0n) is 6.96. The highest BCUT2D eigenvalue weighted by Gasteiger charge is 2.03. The molecule has 0 aliphatic rings. The van der Waals surface area contributed by atoms with Gasteiger partial charge in [0.15, 0.2) is 0 Å². The minimum Gasteiger partial charge on any atom is -0.373 e. The van der Waals surface area contributed by atoms with E-state index in [0.717, 1.165) is 10.0 Å². The molecule has 0 aromatic heterocycles. The second-order valence-corrected chi connectivity index (χ2v) is 3.36. The van der Waals surface area contributed by atoms with Gasteiger partial charge in [-0.15, -0.1) is 6.58 Å². The minimum absolute atomic E-state index is 0.00176. The zero-order valence-corrected chi connectivity index (χ0v) is 8.54. The maximum Gasteiger partial charge on any atom is 0.1000 e. The molecule has 64 valence electrons. The van der Waals surface area contributed by atoms with E-state index in [1.165, 1.54) is 0 Å². The summed E-state index contributed by atoms with van der Waals surface area (Å²) in [6.45, 7) is 3.69. The van der Waals surface area contributed by atoms with Gasteiger partial charge in [0.05, 0.1) is 6.10 Å². The molecule has 0 N–H and O–H groups in total. The zero-order chi connectivity index (χ0) is 8.97. The van der Waals surface area contributed by atoms with E-state index in [1.54, 1.807) is 13.2 Å². The fraction of sp³-hybridized carbons (Fsp3) is 0.200. The third kappa shape index (κ3) is 2.19. The smallest absolute Gasteiger partial charge is 0.1000 e. The molecule has 0 spiro atoms. The molecule has 1 unspecified atom stereocenters. The lowest BCUT2D eigenvalue weighted by Crippen LogP contribution is -1.96. The standard InChI is InChI=1S/C10H11BrO/c1-3-10(12-2)8-4-6-9(11)7-5-8/h3-7,10H,1H2,2H3. The first-order valence-corrected chi connectivity index (χ1v) is 4.48. The molecule has 0 heterocycles. The predicted octanol–water partition coefficient (Wildman–Crippen LogP) is 3.32. The molecular weight excluding hydrogens is 216 g/mol. The molecule has 0 radical (unpaired) electrons. The van der Waals surface area contributed by atoms with Crippen molar-refractivity contribution >= 4 is 15.9 Å². The van der Waals surface area contributed by atoms with Crippen molar-refractivity contribution in [1.82, 2.24) is 0 Å². The van der Waals surface area contributed by atoms with E-state index in [9.17, 15) is 0 Å². The van der Waals surface area contributed by atoms with Gasteiger partial charge >= 0.3 is 0 Å². The van der Waals surface area contributed by atoms with E-state index in [-0.39, 0.29) is 6.10 Å². The number of benzene rings is 1. The quantitative estimate of drug-likeness (QED) is 0.719.